The number of hydrogen-bond donors (Lipinski definition) is 6. The Morgan fingerprint density at radius 3 is 1.44 bits per heavy atom. The van der Waals surface area contributed by atoms with E-state index >= 15 is 0 Å². The van der Waals surface area contributed by atoms with E-state index in [0.29, 0.717) is 45.1 Å². The van der Waals surface area contributed by atoms with Crippen molar-refractivity contribution in [1.82, 2.24) is 4.90 Å². The van der Waals surface area contributed by atoms with E-state index in [-0.39, 0.29) is 32.0 Å². The summed E-state index contributed by atoms with van der Waals surface area (Å²) >= 11 is 0. The Bertz CT molecular complexity index is 871. The molecule has 0 heterocycles. The molecule has 0 aromatic heterocycles. The van der Waals surface area contributed by atoms with Crippen molar-refractivity contribution in [3.63, 3.8) is 0 Å². The van der Waals surface area contributed by atoms with Crippen LogP contribution in [0.25, 0.3) is 0 Å². The zero-order chi connectivity index (χ0) is 41.0. The maximum absolute atomic E-state index is 12.9. The van der Waals surface area contributed by atoms with Gasteiger partial charge in [-0.1, -0.05) is 149 Å². The van der Waals surface area contributed by atoms with Gasteiger partial charge in [-0.05, 0) is 64.2 Å². The molecular formula is C44H87NO10. The molecule has 6 N–H and O–H groups in total. The highest BCUT2D eigenvalue weighted by molar-refractivity contribution is 5.77. The second kappa shape index (κ2) is 35.8. The number of ether oxygens (including phenoxy) is 2. The Balaban J connectivity index is 4.50. The summed E-state index contributed by atoms with van der Waals surface area (Å²) in [4.78, 5) is 26.4. The number of aliphatic hydroxyl groups is 6. The average Bonchev–Trinajstić information content (AvgIpc) is 3.16. The highest BCUT2D eigenvalue weighted by Crippen LogP contribution is 2.22. The van der Waals surface area contributed by atoms with Crippen molar-refractivity contribution in [3.05, 3.63) is 0 Å². The van der Waals surface area contributed by atoms with E-state index in [9.17, 15) is 40.2 Å². The van der Waals surface area contributed by atoms with Crippen molar-refractivity contribution in [2.24, 2.45) is 0 Å². The molecule has 0 radical (unpaired) electrons. The first kappa shape index (κ1) is 53.7. The van der Waals surface area contributed by atoms with Crippen molar-refractivity contribution in [1.29, 1.82) is 0 Å². The summed E-state index contributed by atoms with van der Waals surface area (Å²) in [6.07, 6.45) is 27.1. The van der Waals surface area contributed by atoms with Crippen LogP contribution in [0.15, 0.2) is 0 Å². The molecule has 0 saturated carbocycles. The minimum absolute atomic E-state index is 0.152. The fourth-order valence-corrected chi connectivity index (χ4v) is 6.95. The highest BCUT2D eigenvalue weighted by atomic mass is 16.6. The van der Waals surface area contributed by atoms with Crippen molar-refractivity contribution < 1.29 is 49.7 Å². The highest BCUT2D eigenvalue weighted by Gasteiger charge is 2.36. The Morgan fingerprint density at radius 1 is 0.545 bits per heavy atom. The smallest absolute Gasteiger partial charge is 0.366 e. The first-order chi connectivity index (χ1) is 26.4. The molecule has 0 amide bonds. The lowest BCUT2D eigenvalue weighted by molar-refractivity contribution is -0.281. The normalized spacial score (nSPS) is 12.9. The van der Waals surface area contributed by atoms with Crippen LogP contribution in [-0.2, 0) is 19.1 Å². The first-order valence-electron chi connectivity index (χ1n) is 22.8. The fraction of sp³-hybridized carbons (Fsp3) is 0.955. The number of rotatable bonds is 41. The zero-order valence-electron chi connectivity index (χ0n) is 35.7. The summed E-state index contributed by atoms with van der Waals surface area (Å²) in [5.74, 6) is -6.58. The number of aliphatic hydroxyl groups excluding tert-OH is 2. The third-order valence-electron chi connectivity index (χ3n) is 10.7. The molecule has 0 aromatic carbocycles. The van der Waals surface area contributed by atoms with E-state index in [1.807, 2.05) is 0 Å². The van der Waals surface area contributed by atoms with Crippen LogP contribution in [0.1, 0.15) is 220 Å². The standard InChI is InChI=1S/C44H87NO10/c1-4-7-10-13-16-17-18-23-30-37-54-41(48)40(47)33-26-29-36-45(44(52,53)38-46)35-28-22-21-27-34-43(50,51)42(49)55-39(31-24-19-14-11-8-5-2)32-25-20-15-12-9-6-3/h39-40,46-47,50-53H,4-38H2,1-3H3. The van der Waals surface area contributed by atoms with Crippen LogP contribution in [0, 0.1) is 0 Å². The van der Waals surface area contributed by atoms with E-state index in [1.54, 1.807) is 0 Å². The second-order valence-corrected chi connectivity index (χ2v) is 16.0. The molecule has 55 heavy (non-hydrogen) atoms. The van der Waals surface area contributed by atoms with Crippen LogP contribution in [0.5, 0.6) is 0 Å². The lowest BCUT2D eigenvalue weighted by Gasteiger charge is -2.34. The average molecular weight is 790 g/mol. The van der Waals surface area contributed by atoms with Crippen molar-refractivity contribution in [3.8, 4) is 0 Å². The van der Waals surface area contributed by atoms with E-state index in [4.69, 9.17) is 9.47 Å². The topological polar surface area (TPSA) is 177 Å². The van der Waals surface area contributed by atoms with Gasteiger partial charge < -0.3 is 40.1 Å². The third-order valence-corrected chi connectivity index (χ3v) is 10.7. The Morgan fingerprint density at radius 2 is 0.945 bits per heavy atom. The summed E-state index contributed by atoms with van der Waals surface area (Å²) in [6.45, 7) is 6.51. The number of hydrogen-bond acceptors (Lipinski definition) is 11. The van der Waals surface area contributed by atoms with Gasteiger partial charge in [-0.2, -0.15) is 0 Å². The Kier molecular flexibility index (Phi) is 34.9. The molecule has 11 heteroatoms. The number of carbonyl (C=O) groups excluding carboxylic acids is 2. The number of carbonyl (C=O) groups is 2. The minimum Gasteiger partial charge on any atom is -0.464 e. The van der Waals surface area contributed by atoms with E-state index < -0.39 is 36.3 Å². The van der Waals surface area contributed by atoms with E-state index in [2.05, 4.69) is 20.8 Å². The van der Waals surface area contributed by atoms with Crippen LogP contribution in [0.2, 0.25) is 0 Å². The van der Waals surface area contributed by atoms with Gasteiger partial charge >= 0.3 is 11.9 Å². The minimum atomic E-state index is -2.56. The molecule has 0 saturated heterocycles. The molecule has 11 nitrogen and oxygen atoms in total. The van der Waals surface area contributed by atoms with Crippen molar-refractivity contribution in [2.75, 3.05) is 26.3 Å². The number of nitrogens with zero attached hydrogens (tertiary/aromatic N) is 1. The maximum Gasteiger partial charge on any atom is 0.366 e. The van der Waals surface area contributed by atoms with Gasteiger partial charge in [-0.15, -0.1) is 0 Å². The van der Waals surface area contributed by atoms with Gasteiger partial charge in [-0.25, -0.2) is 9.59 Å². The number of esters is 2. The van der Waals surface area contributed by atoms with Gasteiger partial charge in [0.2, 0.25) is 5.91 Å². The monoisotopic (exact) mass is 790 g/mol. The van der Waals surface area contributed by atoms with Gasteiger partial charge in [0.15, 0.2) is 6.10 Å². The van der Waals surface area contributed by atoms with Gasteiger partial charge in [0.25, 0.3) is 5.79 Å². The summed E-state index contributed by atoms with van der Waals surface area (Å²) < 4.78 is 10.9. The van der Waals surface area contributed by atoms with Crippen LogP contribution in [0.4, 0.5) is 0 Å². The van der Waals surface area contributed by atoms with E-state index in [0.717, 1.165) is 70.6 Å². The van der Waals surface area contributed by atoms with Crippen LogP contribution in [-0.4, -0.2) is 97.7 Å². The molecule has 0 rings (SSSR count). The Labute approximate surface area is 336 Å². The SMILES string of the molecule is CCCCCCCCCCCOC(=O)C(O)CCCCN(CCCCCCC(O)(O)C(=O)OC(CCCCCCCC)CCCCCCCC)C(O)(O)CO. The summed E-state index contributed by atoms with van der Waals surface area (Å²) in [5, 5.41) is 61.7. The van der Waals surface area contributed by atoms with Crippen LogP contribution in [0.3, 0.4) is 0 Å². The van der Waals surface area contributed by atoms with Gasteiger partial charge in [0.1, 0.15) is 12.7 Å². The molecule has 0 aliphatic rings. The van der Waals surface area contributed by atoms with Gasteiger partial charge in [0.05, 0.1) is 6.61 Å². The summed E-state index contributed by atoms with van der Waals surface area (Å²) in [5.41, 5.74) is 0. The largest absolute Gasteiger partial charge is 0.464 e. The van der Waals surface area contributed by atoms with Gasteiger partial charge in [-0.3, -0.25) is 4.90 Å². The van der Waals surface area contributed by atoms with Crippen molar-refractivity contribution in [2.45, 2.75) is 244 Å². The fourth-order valence-electron chi connectivity index (χ4n) is 6.95. The predicted octanol–water partition coefficient (Wildman–Crippen LogP) is 8.57. The molecular weight excluding hydrogens is 702 g/mol. The molecule has 0 aromatic rings. The van der Waals surface area contributed by atoms with Crippen LogP contribution >= 0.6 is 0 Å². The Hall–Kier alpha value is -1.34. The molecule has 0 spiro atoms. The third kappa shape index (κ3) is 30.4. The maximum atomic E-state index is 12.9. The van der Waals surface area contributed by atoms with Crippen molar-refractivity contribution >= 4 is 11.9 Å². The molecule has 0 aliphatic heterocycles. The zero-order valence-corrected chi connectivity index (χ0v) is 35.7. The second-order valence-electron chi connectivity index (χ2n) is 16.0. The first-order valence-corrected chi connectivity index (χ1v) is 22.8. The lowest BCUT2D eigenvalue weighted by atomic mass is 10.0. The van der Waals surface area contributed by atoms with E-state index in [1.165, 1.54) is 81.9 Å². The quantitative estimate of drug-likeness (QED) is 0.0199. The molecule has 328 valence electrons. The number of unbranched alkanes of at least 4 members (excludes halogenated alkanes) is 22. The molecule has 1 unspecified atom stereocenters. The summed E-state index contributed by atoms with van der Waals surface area (Å²) in [7, 11) is 0. The summed E-state index contributed by atoms with van der Waals surface area (Å²) in [6, 6.07) is 0. The van der Waals surface area contributed by atoms with Crippen LogP contribution < -0.4 is 0 Å². The molecule has 0 fully saturated rings. The molecule has 0 aliphatic carbocycles. The lowest BCUT2D eigenvalue weighted by Crippen LogP contribution is -2.52. The predicted molar refractivity (Wildman–Crippen MR) is 220 cm³/mol. The van der Waals surface area contributed by atoms with Gasteiger partial charge in [0, 0.05) is 19.5 Å². The molecule has 1 atom stereocenters. The molecule has 0 bridgehead atoms.